The summed E-state index contributed by atoms with van der Waals surface area (Å²) in [5, 5.41) is 11.9. The van der Waals surface area contributed by atoms with Crippen molar-refractivity contribution < 1.29 is 52.3 Å². The molecule has 2 N–H and O–H groups in total. The second-order valence-corrected chi connectivity index (χ2v) is 7.85. The highest BCUT2D eigenvalue weighted by Gasteiger charge is 2.52. The van der Waals surface area contributed by atoms with Crippen molar-refractivity contribution in [1.82, 2.24) is 5.32 Å². The number of amides is 1. The topological polar surface area (TPSA) is 152 Å². The van der Waals surface area contributed by atoms with Gasteiger partial charge in [-0.25, -0.2) is 9.59 Å². The van der Waals surface area contributed by atoms with E-state index >= 15 is 0 Å². The Bertz CT molecular complexity index is 1020. The summed E-state index contributed by atoms with van der Waals surface area (Å²) in [6.07, 6.45) is -2.96. The molecule has 188 valence electrons. The van der Waals surface area contributed by atoms with Crippen molar-refractivity contribution in [3.05, 3.63) is 54.0 Å². The zero-order valence-electron chi connectivity index (χ0n) is 18.9. The van der Waals surface area contributed by atoms with E-state index < -0.39 is 61.4 Å². The van der Waals surface area contributed by atoms with E-state index in [1.807, 2.05) is 0 Å². The fourth-order valence-corrected chi connectivity index (χ4v) is 3.92. The molecule has 4 rings (SSSR count). The second-order valence-electron chi connectivity index (χ2n) is 7.85. The van der Waals surface area contributed by atoms with Crippen LogP contribution in [0.1, 0.15) is 29.3 Å². The summed E-state index contributed by atoms with van der Waals surface area (Å²) in [5.74, 6) is -1.36. The van der Waals surface area contributed by atoms with E-state index in [1.165, 1.54) is 32.4 Å². The van der Waals surface area contributed by atoms with Crippen LogP contribution in [0.15, 0.2) is 47.1 Å². The van der Waals surface area contributed by atoms with Crippen LogP contribution in [0.2, 0.25) is 0 Å². The first kappa shape index (κ1) is 24.7. The highest BCUT2D eigenvalue weighted by molar-refractivity contribution is 5.89. The minimum absolute atomic E-state index is 0.0664. The van der Waals surface area contributed by atoms with Gasteiger partial charge in [-0.3, -0.25) is 4.79 Å². The number of carboxylic acid groups (broad SMARTS) is 1. The Morgan fingerprint density at radius 1 is 1.14 bits per heavy atom. The third-order valence-electron chi connectivity index (χ3n) is 5.41. The minimum Gasteiger partial charge on any atom is -0.480 e. The molecule has 2 saturated heterocycles. The van der Waals surface area contributed by atoms with E-state index in [0.717, 1.165) is 0 Å². The Morgan fingerprint density at radius 3 is 2.54 bits per heavy atom. The molecule has 35 heavy (non-hydrogen) atoms. The standard InChI is InChI=1S/C23H25NO11/c1-12(25)24-18-20(31-11-17(26)27)19-16(10-32-22(35-19)15-4-3-9-30-15)34-23(18)33-14-7-5-13(6-8-14)21(28)29-2/h3-9,16,18-20,22-23H,10-11H2,1-2H3,(H,24,25)(H,26,27). The highest BCUT2D eigenvalue weighted by Crippen LogP contribution is 2.36. The van der Waals surface area contributed by atoms with Crippen molar-refractivity contribution >= 4 is 17.8 Å². The molecule has 0 spiro atoms. The molecular weight excluding hydrogens is 466 g/mol. The van der Waals surface area contributed by atoms with Gasteiger partial charge in [0.25, 0.3) is 0 Å². The summed E-state index contributed by atoms with van der Waals surface area (Å²) in [5.41, 5.74) is 0.323. The summed E-state index contributed by atoms with van der Waals surface area (Å²) >= 11 is 0. The predicted molar refractivity (Wildman–Crippen MR) is 114 cm³/mol. The number of hydrogen-bond acceptors (Lipinski definition) is 10. The number of carbonyl (C=O) groups excluding carboxylic acids is 2. The number of nitrogens with one attached hydrogen (secondary N) is 1. The number of methoxy groups -OCH3 is 1. The molecule has 1 aromatic heterocycles. The summed E-state index contributed by atoms with van der Waals surface area (Å²) in [6, 6.07) is 8.53. The lowest BCUT2D eigenvalue weighted by Crippen LogP contribution is -2.68. The summed E-state index contributed by atoms with van der Waals surface area (Å²) in [7, 11) is 1.28. The first-order valence-electron chi connectivity index (χ1n) is 10.8. The number of benzene rings is 1. The largest absolute Gasteiger partial charge is 0.480 e. The zero-order chi connectivity index (χ0) is 24.9. The molecule has 6 atom stereocenters. The summed E-state index contributed by atoms with van der Waals surface area (Å²) in [6.45, 7) is 0.732. The number of hydrogen-bond donors (Lipinski definition) is 2. The first-order chi connectivity index (χ1) is 16.9. The average Bonchev–Trinajstić information content (AvgIpc) is 3.38. The molecule has 0 bridgehead atoms. The van der Waals surface area contributed by atoms with E-state index in [2.05, 4.69) is 5.32 Å². The van der Waals surface area contributed by atoms with Crippen molar-refractivity contribution in [2.24, 2.45) is 0 Å². The van der Waals surface area contributed by atoms with Crippen molar-refractivity contribution in [2.45, 2.75) is 43.9 Å². The van der Waals surface area contributed by atoms with Gasteiger partial charge in [0, 0.05) is 6.92 Å². The maximum Gasteiger partial charge on any atom is 0.337 e. The van der Waals surface area contributed by atoms with Crippen LogP contribution < -0.4 is 10.1 Å². The molecule has 12 nitrogen and oxygen atoms in total. The summed E-state index contributed by atoms with van der Waals surface area (Å²) in [4.78, 5) is 35.0. The minimum atomic E-state index is -1.19. The van der Waals surface area contributed by atoms with E-state index in [1.54, 1.807) is 24.3 Å². The van der Waals surface area contributed by atoms with Gasteiger partial charge in [0.2, 0.25) is 18.5 Å². The molecule has 2 aliphatic heterocycles. The molecule has 1 aromatic carbocycles. The van der Waals surface area contributed by atoms with Gasteiger partial charge < -0.3 is 43.3 Å². The number of carboxylic acids is 1. The fraction of sp³-hybridized carbons (Fsp3) is 0.435. The van der Waals surface area contributed by atoms with Crippen molar-refractivity contribution in [3.63, 3.8) is 0 Å². The molecule has 2 aromatic rings. The molecule has 12 heteroatoms. The van der Waals surface area contributed by atoms with Crippen LogP contribution in [-0.4, -0.2) is 73.9 Å². The van der Waals surface area contributed by atoms with E-state index in [4.69, 9.17) is 32.8 Å². The number of carbonyl (C=O) groups is 3. The Kier molecular flexibility index (Phi) is 7.66. The van der Waals surface area contributed by atoms with Crippen LogP contribution in [-0.2, 0) is 33.3 Å². The van der Waals surface area contributed by atoms with Crippen molar-refractivity contribution in [1.29, 1.82) is 0 Å². The van der Waals surface area contributed by atoms with Gasteiger partial charge >= 0.3 is 11.9 Å². The molecule has 3 heterocycles. The van der Waals surface area contributed by atoms with Crippen LogP contribution in [0.4, 0.5) is 0 Å². The van der Waals surface area contributed by atoms with Crippen molar-refractivity contribution in [3.8, 4) is 5.75 Å². The summed E-state index contributed by atoms with van der Waals surface area (Å²) < 4.78 is 39.5. The van der Waals surface area contributed by atoms with Crippen LogP contribution in [0.3, 0.4) is 0 Å². The SMILES string of the molecule is COC(=O)c1ccc(OC2OC3COC(c4ccco4)OC3C(OCC(=O)O)C2NC(C)=O)cc1. The van der Waals surface area contributed by atoms with Gasteiger partial charge in [0.15, 0.2) is 5.76 Å². The maximum absolute atomic E-state index is 12.0. The van der Waals surface area contributed by atoms with Gasteiger partial charge in [-0.1, -0.05) is 0 Å². The van der Waals surface area contributed by atoms with Gasteiger partial charge in [-0.15, -0.1) is 0 Å². The number of rotatable bonds is 8. The number of fused-ring (bicyclic) bond motifs is 1. The molecule has 2 aliphatic rings. The first-order valence-corrected chi connectivity index (χ1v) is 10.8. The normalized spacial score (nSPS) is 27.9. The van der Waals surface area contributed by atoms with Gasteiger partial charge in [0.05, 0.1) is 25.5 Å². The average molecular weight is 491 g/mol. The lowest BCUT2D eigenvalue weighted by Gasteiger charge is -2.48. The van der Waals surface area contributed by atoms with Gasteiger partial charge in [0.1, 0.15) is 36.7 Å². The highest BCUT2D eigenvalue weighted by atomic mass is 16.8. The maximum atomic E-state index is 12.0. The monoisotopic (exact) mass is 491 g/mol. The Balaban J connectivity index is 1.59. The number of esters is 1. The smallest absolute Gasteiger partial charge is 0.337 e. The third kappa shape index (κ3) is 5.80. The zero-order valence-corrected chi connectivity index (χ0v) is 18.9. The Morgan fingerprint density at radius 2 is 1.91 bits per heavy atom. The van der Waals surface area contributed by atoms with Crippen molar-refractivity contribution in [2.75, 3.05) is 20.3 Å². The van der Waals surface area contributed by atoms with Crippen LogP contribution in [0.25, 0.3) is 0 Å². The quantitative estimate of drug-likeness (QED) is 0.513. The number of furan rings is 1. The predicted octanol–water partition coefficient (Wildman–Crippen LogP) is 1.26. The Hall–Kier alpha value is -3.45. The number of ether oxygens (including phenoxy) is 6. The molecule has 1 amide bonds. The second kappa shape index (κ2) is 10.9. The van der Waals surface area contributed by atoms with E-state index in [-0.39, 0.29) is 6.61 Å². The Labute approximate surface area is 200 Å². The van der Waals surface area contributed by atoms with E-state index in [0.29, 0.717) is 17.1 Å². The van der Waals surface area contributed by atoms with Gasteiger partial charge in [-0.05, 0) is 36.4 Å². The van der Waals surface area contributed by atoms with Crippen LogP contribution in [0, 0.1) is 0 Å². The molecule has 0 saturated carbocycles. The lowest BCUT2D eigenvalue weighted by molar-refractivity contribution is -0.340. The number of aliphatic carboxylic acids is 1. The third-order valence-corrected chi connectivity index (χ3v) is 5.41. The molecule has 2 fully saturated rings. The van der Waals surface area contributed by atoms with Crippen LogP contribution in [0.5, 0.6) is 5.75 Å². The lowest BCUT2D eigenvalue weighted by atomic mass is 9.95. The van der Waals surface area contributed by atoms with E-state index in [9.17, 15) is 19.5 Å². The fourth-order valence-electron chi connectivity index (χ4n) is 3.92. The molecule has 6 unspecified atom stereocenters. The molecular formula is C23H25NO11. The molecule has 0 radical (unpaired) electrons. The van der Waals surface area contributed by atoms with Gasteiger partial charge in [-0.2, -0.15) is 0 Å². The van der Waals surface area contributed by atoms with Crippen LogP contribution >= 0.6 is 0 Å². The molecule has 0 aliphatic carbocycles.